The van der Waals surface area contributed by atoms with Crippen molar-refractivity contribution in [2.24, 2.45) is 0 Å². The van der Waals surface area contributed by atoms with Gasteiger partial charge in [0.2, 0.25) is 4.90 Å². The average Bonchev–Trinajstić information content (AvgIpc) is 2.72. The second-order valence-electron chi connectivity index (χ2n) is 7.60. The smallest absolute Gasteiger partial charge is 0.573 e. The predicted octanol–water partition coefficient (Wildman–Crippen LogP) is 5.30. The second-order valence-corrected chi connectivity index (χ2v) is 9.98. The van der Waals surface area contributed by atoms with E-state index in [4.69, 9.17) is 4.74 Å². The standard InChI is InChI=1S/C21H20BrF3N2O4S/c1-13-2-4-17-14(10-13)12-30-20(28)27(17)16-6-8-26(9-7-16)32(29)19-5-3-15(22)11-18(19)31-21(23,24)25/h2-5,10-11,16H,6-9,12H2,1H3. The Balaban J connectivity index is 1.49. The number of cyclic esters (lactones) is 1. The van der Waals surface area contributed by atoms with Crippen LogP contribution in [0.1, 0.15) is 24.0 Å². The van der Waals surface area contributed by atoms with Crippen LogP contribution < -0.4 is 9.64 Å². The fourth-order valence-electron chi connectivity index (χ4n) is 3.95. The van der Waals surface area contributed by atoms with E-state index in [1.807, 2.05) is 25.1 Å². The number of piperidine rings is 1. The SMILES string of the molecule is Cc1ccc2c(c1)COC(=O)N2C1CCN([S+]([O-])c2ccc(Br)cc2OC(F)(F)F)CC1. The summed E-state index contributed by atoms with van der Waals surface area (Å²) in [5.41, 5.74) is 2.80. The van der Waals surface area contributed by atoms with E-state index in [-0.39, 0.29) is 17.5 Å². The van der Waals surface area contributed by atoms with Gasteiger partial charge in [0.25, 0.3) is 0 Å². The van der Waals surface area contributed by atoms with Gasteiger partial charge in [0, 0.05) is 41.3 Å². The summed E-state index contributed by atoms with van der Waals surface area (Å²) in [6.07, 6.45) is -4.32. The third-order valence-electron chi connectivity index (χ3n) is 5.39. The molecule has 0 spiro atoms. The molecule has 2 aromatic rings. The molecule has 2 aliphatic heterocycles. The summed E-state index contributed by atoms with van der Waals surface area (Å²) in [4.78, 5) is 14.1. The number of benzene rings is 2. The number of hydrogen-bond acceptors (Lipinski definition) is 5. The molecule has 1 amide bonds. The molecule has 2 heterocycles. The van der Waals surface area contributed by atoms with Crippen molar-refractivity contribution >= 4 is 39.1 Å². The number of hydrogen-bond donors (Lipinski definition) is 0. The minimum Gasteiger partial charge on any atom is -0.593 e. The van der Waals surface area contributed by atoms with Crippen LogP contribution in [0.15, 0.2) is 45.8 Å². The molecule has 2 aromatic carbocycles. The number of amides is 1. The summed E-state index contributed by atoms with van der Waals surface area (Å²) in [6.45, 7) is 2.86. The first-order chi connectivity index (χ1) is 15.1. The van der Waals surface area contributed by atoms with E-state index >= 15 is 0 Å². The predicted molar refractivity (Wildman–Crippen MR) is 116 cm³/mol. The summed E-state index contributed by atoms with van der Waals surface area (Å²) < 4.78 is 62.9. The Labute approximate surface area is 194 Å². The Morgan fingerprint density at radius 2 is 1.91 bits per heavy atom. The molecular weight excluding hydrogens is 513 g/mol. The molecule has 1 fully saturated rings. The Kier molecular flexibility index (Phi) is 6.62. The molecule has 1 atom stereocenters. The first-order valence-electron chi connectivity index (χ1n) is 9.90. The fourth-order valence-corrected chi connectivity index (χ4v) is 5.57. The molecule has 11 heteroatoms. The van der Waals surface area contributed by atoms with Crippen LogP contribution in [0.2, 0.25) is 0 Å². The van der Waals surface area contributed by atoms with Crippen LogP contribution >= 0.6 is 15.9 Å². The highest BCUT2D eigenvalue weighted by molar-refractivity contribution is 9.10. The van der Waals surface area contributed by atoms with Crippen LogP contribution in [0.3, 0.4) is 0 Å². The van der Waals surface area contributed by atoms with Crippen LogP contribution in [-0.4, -0.2) is 40.4 Å². The molecule has 0 aromatic heterocycles. The van der Waals surface area contributed by atoms with Crippen molar-refractivity contribution in [3.05, 3.63) is 52.0 Å². The van der Waals surface area contributed by atoms with Crippen LogP contribution in [0.25, 0.3) is 0 Å². The van der Waals surface area contributed by atoms with Crippen molar-refractivity contribution in [3.63, 3.8) is 0 Å². The summed E-state index contributed by atoms with van der Waals surface area (Å²) >= 11 is 1.27. The molecule has 1 unspecified atom stereocenters. The third kappa shape index (κ3) is 5.00. The summed E-state index contributed by atoms with van der Waals surface area (Å²) in [6, 6.07) is 9.68. The molecular formula is C21H20BrF3N2O4S. The molecule has 0 saturated carbocycles. The first kappa shape index (κ1) is 23.2. The van der Waals surface area contributed by atoms with Gasteiger partial charge < -0.3 is 14.0 Å². The lowest BCUT2D eigenvalue weighted by Crippen LogP contribution is -2.50. The topological polar surface area (TPSA) is 65.1 Å². The first-order valence-corrected chi connectivity index (χ1v) is 11.8. The largest absolute Gasteiger partial charge is 0.593 e. The number of fused-ring (bicyclic) bond motifs is 1. The van der Waals surface area contributed by atoms with E-state index in [2.05, 4.69) is 20.7 Å². The molecule has 1 saturated heterocycles. The summed E-state index contributed by atoms with van der Waals surface area (Å²) in [7, 11) is 0. The zero-order chi connectivity index (χ0) is 23.0. The number of rotatable bonds is 4. The molecule has 172 valence electrons. The number of carbonyl (C=O) groups excluding carboxylic acids is 1. The molecule has 0 aliphatic carbocycles. The minimum absolute atomic E-state index is 0.0535. The minimum atomic E-state index is -4.90. The molecule has 0 radical (unpaired) electrons. The summed E-state index contributed by atoms with van der Waals surface area (Å²) in [5.74, 6) is -0.503. The number of aryl methyl sites for hydroxylation is 1. The number of nitrogens with zero attached hydrogens (tertiary/aromatic N) is 2. The van der Waals surface area contributed by atoms with Crippen LogP contribution in [0.4, 0.5) is 23.7 Å². The van der Waals surface area contributed by atoms with Gasteiger partial charge in [-0.05, 0) is 31.9 Å². The molecule has 0 bridgehead atoms. The van der Waals surface area contributed by atoms with Gasteiger partial charge in [-0.3, -0.25) is 4.90 Å². The van der Waals surface area contributed by atoms with E-state index in [1.54, 1.807) is 9.21 Å². The van der Waals surface area contributed by atoms with Crippen molar-refractivity contribution in [1.82, 2.24) is 4.31 Å². The van der Waals surface area contributed by atoms with E-state index < -0.39 is 29.6 Å². The number of alkyl halides is 3. The lowest BCUT2D eigenvalue weighted by Gasteiger charge is -2.39. The highest BCUT2D eigenvalue weighted by Gasteiger charge is 2.39. The van der Waals surface area contributed by atoms with Crippen LogP contribution in [0.5, 0.6) is 5.75 Å². The third-order valence-corrected chi connectivity index (χ3v) is 7.43. The van der Waals surface area contributed by atoms with Crippen molar-refractivity contribution in [2.45, 2.75) is 43.7 Å². The van der Waals surface area contributed by atoms with Gasteiger partial charge in [0.1, 0.15) is 6.61 Å². The van der Waals surface area contributed by atoms with E-state index in [0.29, 0.717) is 30.4 Å². The van der Waals surface area contributed by atoms with Crippen molar-refractivity contribution in [2.75, 3.05) is 18.0 Å². The van der Waals surface area contributed by atoms with Crippen LogP contribution in [-0.2, 0) is 22.7 Å². The highest BCUT2D eigenvalue weighted by Crippen LogP contribution is 2.36. The Hall–Kier alpha value is -1.95. The number of ether oxygens (including phenoxy) is 2. The lowest BCUT2D eigenvalue weighted by molar-refractivity contribution is -0.275. The molecule has 2 aliphatic rings. The monoisotopic (exact) mass is 532 g/mol. The normalized spacial score (nSPS) is 18.8. The second kappa shape index (κ2) is 9.12. The molecule has 0 N–H and O–H groups in total. The van der Waals surface area contributed by atoms with Gasteiger partial charge >= 0.3 is 12.5 Å². The lowest BCUT2D eigenvalue weighted by atomic mass is 10.0. The highest BCUT2D eigenvalue weighted by atomic mass is 79.9. The molecule has 32 heavy (non-hydrogen) atoms. The maximum atomic E-state index is 13.1. The van der Waals surface area contributed by atoms with E-state index in [0.717, 1.165) is 22.9 Å². The zero-order valence-corrected chi connectivity index (χ0v) is 19.4. The van der Waals surface area contributed by atoms with Gasteiger partial charge in [0.15, 0.2) is 5.75 Å². The van der Waals surface area contributed by atoms with Crippen molar-refractivity contribution in [3.8, 4) is 5.75 Å². The number of carbonyl (C=O) groups is 1. The van der Waals surface area contributed by atoms with Gasteiger partial charge in [-0.15, -0.1) is 17.5 Å². The number of halogens is 4. The Morgan fingerprint density at radius 3 is 2.59 bits per heavy atom. The zero-order valence-electron chi connectivity index (χ0n) is 17.0. The van der Waals surface area contributed by atoms with E-state index in [9.17, 15) is 22.5 Å². The molecule has 4 rings (SSSR count). The Bertz CT molecular complexity index is 1020. The van der Waals surface area contributed by atoms with Gasteiger partial charge in [-0.2, -0.15) is 0 Å². The Morgan fingerprint density at radius 1 is 1.19 bits per heavy atom. The maximum Gasteiger partial charge on any atom is 0.573 e. The fraction of sp³-hybridized carbons (Fsp3) is 0.381. The van der Waals surface area contributed by atoms with Gasteiger partial charge in [0.05, 0.1) is 17.0 Å². The number of anilines is 1. The van der Waals surface area contributed by atoms with Gasteiger partial charge in [-0.1, -0.05) is 33.6 Å². The van der Waals surface area contributed by atoms with Crippen molar-refractivity contribution in [1.29, 1.82) is 0 Å². The van der Waals surface area contributed by atoms with Crippen molar-refractivity contribution < 1.29 is 32.0 Å². The quantitative estimate of drug-likeness (QED) is 0.500. The summed E-state index contributed by atoms with van der Waals surface area (Å²) in [5, 5.41) is 0. The van der Waals surface area contributed by atoms with Gasteiger partial charge in [-0.25, -0.2) is 4.79 Å². The molecule has 6 nitrogen and oxygen atoms in total. The van der Waals surface area contributed by atoms with Crippen LogP contribution in [0, 0.1) is 6.92 Å². The van der Waals surface area contributed by atoms with E-state index in [1.165, 1.54) is 12.1 Å². The average molecular weight is 533 g/mol. The maximum absolute atomic E-state index is 13.1.